The van der Waals surface area contributed by atoms with Gasteiger partial charge in [-0.3, -0.25) is 4.79 Å². The molecule has 1 N–H and O–H groups in total. The van der Waals surface area contributed by atoms with Gasteiger partial charge in [-0.15, -0.1) is 0 Å². The maximum atomic E-state index is 13.6. The summed E-state index contributed by atoms with van der Waals surface area (Å²) in [5.41, 5.74) is 0.583. The monoisotopic (exact) mass is 220 g/mol. The minimum absolute atomic E-state index is 0.0135. The normalized spacial score (nSPS) is 10.4. The molecule has 1 aromatic carbocycles. The van der Waals surface area contributed by atoms with Crippen molar-refractivity contribution in [3.63, 3.8) is 0 Å². The number of phenols is 1. The lowest BCUT2D eigenvalue weighted by Gasteiger charge is -2.03. The fourth-order valence-corrected chi connectivity index (χ4v) is 1.41. The molecule has 82 valence electrons. The number of aryl methyl sites for hydroxylation is 1. The average Bonchev–Trinajstić information content (AvgIpc) is 2.71. The lowest BCUT2D eigenvalue weighted by molar-refractivity contribution is 0.110. The van der Waals surface area contributed by atoms with Crippen LogP contribution in [0.5, 0.6) is 5.75 Å². The largest absolute Gasteiger partial charge is 0.508 e. The molecule has 0 amide bonds. The van der Waals surface area contributed by atoms with Crippen molar-refractivity contribution in [2.75, 3.05) is 0 Å². The lowest BCUT2D eigenvalue weighted by atomic mass is 10.1. The number of phenolic OH excluding ortho intramolecular Hbond substituents is 1. The van der Waals surface area contributed by atoms with Gasteiger partial charge in [0.1, 0.15) is 17.3 Å². The molecule has 0 unspecified atom stereocenters. The zero-order valence-corrected chi connectivity index (χ0v) is 8.53. The third-order valence-corrected chi connectivity index (χ3v) is 2.29. The van der Waals surface area contributed by atoms with Crippen LogP contribution in [0.2, 0.25) is 0 Å². The molecule has 0 fully saturated rings. The molecular weight excluding hydrogens is 211 g/mol. The molecule has 2 rings (SSSR count). The number of aldehydes is 1. The number of benzene rings is 1. The van der Waals surface area contributed by atoms with E-state index in [9.17, 15) is 14.3 Å². The number of furan rings is 1. The maximum Gasteiger partial charge on any atom is 0.185 e. The van der Waals surface area contributed by atoms with Gasteiger partial charge in [0, 0.05) is 0 Å². The van der Waals surface area contributed by atoms with E-state index in [4.69, 9.17) is 4.42 Å². The Hall–Kier alpha value is -2.10. The predicted molar refractivity (Wildman–Crippen MR) is 55.9 cm³/mol. The standard InChI is InChI=1S/C12H9FO3/c1-7-4-10(13)9(5-11(7)15)12-3-2-8(6-14)16-12/h2-6,15H,1H3. The summed E-state index contributed by atoms with van der Waals surface area (Å²) in [4.78, 5) is 10.4. The van der Waals surface area contributed by atoms with E-state index in [1.54, 1.807) is 6.92 Å². The van der Waals surface area contributed by atoms with Crippen LogP contribution in [0.1, 0.15) is 16.1 Å². The van der Waals surface area contributed by atoms with Crippen LogP contribution in [0.3, 0.4) is 0 Å². The van der Waals surface area contributed by atoms with Gasteiger partial charge in [0.25, 0.3) is 0 Å². The molecule has 0 spiro atoms. The number of carbonyl (C=O) groups is 1. The molecule has 0 bridgehead atoms. The highest BCUT2D eigenvalue weighted by molar-refractivity contribution is 5.73. The van der Waals surface area contributed by atoms with Gasteiger partial charge >= 0.3 is 0 Å². The molecule has 3 nitrogen and oxygen atoms in total. The zero-order valence-electron chi connectivity index (χ0n) is 8.53. The van der Waals surface area contributed by atoms with Crippen LogP contribution >= 0.6 is 0 Å². The molecule has 4 heteroatoms. The van der Waals surface area contributed by atoms with Gasteiger partial charge in [-0.05, 0) is 36.8 Å². The van der Waals surface area contributed by atoms with Crippen LogP contribution in [-0.4, -0.2) is 11.4 Å². The van der Waals surface area contributed by atoms with Gasteiger partial charge in [0.2, 0.25) is 0 Å². The maximum absolute atomic E-state index is 13.6. The van der Waals surface area contributed by atoms with E-state index in [0.717, 1.165) is 0 Å². The SMILES string of the molecule is Cc1cc(F)c(-c2ccc(C=O)o2)cc1O. The summed E-state index contributed by atoms with van der Waals surface area (Å²) in [6.07, 6.45) is 0.537. The summed E-state index contributed by atoms with van der Waals surface area (Å²) in [7, 11) is 0. The fraction of sp³-hybridized carbons (Fsp3) is 0.0833. The third kappa shape index (κ3) is 1.69. The molecule has 0 saturated heterocycles. The van der Waals surface area contributed by atoms with Crippen molar-refractivity contribution < 1.29 is 18.7 Å². The van der Waals surface area contributed by atoms with Crippen LogP contribution in [-0.2, 0) is 0 Å². The first kappa shape index (κ1) is 10.4. The first-order valence-electron chi connectivity index (χ1n) is 4.66. The predicted octanol–water partition coefficient (Wildman–Crippen LogP) is 2.91. The lowest BCUT2D eigenvalue weighted by Crippen LogP contribution is -1.85. The van der Waals surface area contributed by atoms with Crippen molar-refractivity contribution in [1.29, 1.82) is 0 Å². The smallest absolute Gasteiger partial charge is 0.185 e. The van der Waals surface area contributed by atoms with Gasteiger partial charge in [0.15, 0.2) is 12.0 Å². The number of hydrogen-bond donors (Lipinski definition) is 1. The first-order chi connectivity index (χ1) is 7.61. The second-order valence-corrected chi connectivity index (χ2v) is 3.44. The van der Waals surface area contributed by atoms with Crippen molar-refractivity contribution in [3.05, 3.63) is 41.4 Å². The zero-order chi connectivity index (χ0) is 11.7. The van der Waals surface area contributed by atoms with Crippen molar-refractivity contribution in [1.82, 2.24) is 0 Å². The summed E-state index contributed by atoms with van der Waals surface area (Å²) in [6, 6.07) is 5.42. The molecule has 16 heavy (non-hydrogen) atoms. The van der Waals surface area contributed by atoms with Crippen LogP contribution in [0.4, 0.5) is 4.39 Å². The quantitative estimate of drug-likeness (QED) is 0.791. The summed E-state index contributed by atoms with van der Waals surface area (Å²) in [5, 5.41) is 9.47. The topological polar surface area (TPSA) is 50.4 Å². The number of halogens is 1. The Bertz CT molecular complexity index is 543. The summed E-state index contributed by atoms with van der Waals surface area (Å²) in [5.74, 6) is -0.174. The van der Waals surface area contributed by atoms with E-state index >= 15 is 0 Å². The Morgan fingerprint density at radius 2 is 2.12 bits per heavy atom. The second kappa shape index (κ2) is 3.81. The summed E-state index contributed by atoms with van der Waals surface area (Å²) < 4.78 is 18.6. The van der Waals surface area contributed by atoms with E-state index in [0.29, 0.717) is 11.8 Å². The van der Waals surface area contributed by atoms with Gasteiger partial charge in [-0.25, -0.2) is 4.39 Å². The van der Waals surface area contributed by atoms with Crippen LogP contribution < -0.4 is 0 Å². The van der Waals surface area contributed by atoms with Crippen LogP contribution in [0.25, 0.3) is 11.3 Å². The number of rotatable bonds is 2. The Morgan fingerprint density at radius 1 is 1.38 bits per heavy atom. The van der Waals surface area contributed by atoms with Gasteiger partial charge < -0.3 is 9.52 Å². The second-order valence-electron chi connectivity index (χ2n) is 3.44. The van der Waals surface area contributed by atoms with Gasteiger partial charge in [-0.1, -0.05) is 0 Å². The summed E-state index contributed by atoms with van der Waals surface area (Å²) in [6.45, 7) is 1.60. The number of aromatic hydroxyl groups is 1. The Kier molecular flexibility index (Phi) is 2.48. The van der Waals surface area contributed by atoms with E-state index < -0.39 is 5.82 Å². The molecule has 2 aromatic rings. The number of carbonyl (C=O) groups excluding carboxylic acids is 1. The van der Waals surface area contributed by atoms with Crippen molar-refractivity contribution in [2.24, 2.45) is 0 Å². The third-order valence-electron chi connectivity index (χ3n) is 2.29. The highest BCUT2D eigenvalue weighted by Gasteiger charge is 2.12. The molecule has 1 aromatic heterocycles. The highest BCUT2D eigenvalue weighted by atomic mass is 19.1. The minimum Gasteiger partial charge on any atom is -0.508 e. The summed E-state index contributed by atoms with van der Waals surface area (Å²) >= 11 is 0. The molecule has 0 saturated carbocycles. The Morgan fingerprint density at radius 3 is 2.75 bits per heavy atom. The molecule has 0 radical (unpaired) electrons. The first-order valence-corrected chi connectivity index (χ1v) is 4.66. The van der Waals surface area contributed by atoms with E-state index in [1.807, 2.05) is 0 Å². The average molecular weight is 220 g/mol. The molecule has 0 aliphatic rings. The van der Waals surface area contributed by atoms with Gasteiger partial charge in [0.05, 0.1) is 5.56 Å². The number of hydrogen-bond acceptors (Lipinski definition) is 3. The van der Waals surface area contributed by atoms with E-state index in [-0.39, 0.29) is 22.8 Å². The van der Waals surface area contributed by atoms with Crippen LogP contribution in [0.15, 0.2) is 28.7 Å². The molecule has 1 heterocycles. The molecule has 0 aliphatic carbocycles. The van der Waals surface area contributed by atoms with Crippen molar-refractivity contribution >= 4 is 6.29 Å². The molecule has 0 aliphatic heterocycles. The van der Waals surface area contributed by atoms with Gasteiger partial charge in [-0.2, -0.15) is 0 Å². The Balaban J connectivity index is 2.55. The van der Waals surface area contributed by atoms with Crippen molar-refractivity contribution in [3.8, 4) is 17.1 Å². The van der Waals surface area contributed by atoms with Crippen LogP contribution in [0, 0.1) is 12.7 Å². The highest BCUT2D eigenvalue weighted by Crippen LogP contribution is 2.30. The fourth-order valence-electron chi connectivity index (χ4n) is 1.41. The molecular formula is C12H9FO3. The Labute approximate surface area is 91.1 Å². The molecule has 0 atom stereocenters. The van der Waals surface area contributed by atoms with E-state index in [1.165, 1.54) is 24.3 Å². The van der Waals surface area contributed by atoms with E-state index in [2.05, 4.69) is 0 Å². The minimum atomic E-state index is -0.498. The van der Waals surface area contributed by atoms with Crippen molar-refractivity contribution in [2.45, 2.75) is 6.92 Å².